The van der Waals surface area contributed by atoms with Crippen LogP contribution >= 0.6 is 0 Å². The van der Waals surface area contributed by atoms with Crippen LogP contribution in [0.25, 0.3) is 0 Å². The Labute approximate surface area is 173 Å². The van der Waals surface area contributed by atoms with E-state index in [1.165, 1.54) is 0 Å². The number of nitrogens with zero attached hydrogens (tertiary/aromatic N) is 1. The Morgan fingerprint density at radius 3 is 2.48 bits per heavy atom. The number of ether oxygens (including phenoxy) is 2. The van der Waals surface area contributed by atoms with Crippen LogP contribution in [0.3, 0.4) is 0 Å². The van der Waals surface area contributed by atoms with Crippen LogP contribution in [0.5, 0.6) is 0 Å². The van der Waals surface area contributed by atoms with Crippen LogP contribution in [0.15, 0.2) is 65.6 Å². The van der Waals surface area contributed by atoms with Crippen molar-refractivity contribution in [3.05, 3.63) is 66.2 Å². The molecule has 0 radical (unpaired) electrons. The number of methoxy groups -OCH3 is 1. The van der Waals surface area contributed by atoms with E-state index in [4.69, 9.17) is 9.47 Å². The fourth-order valence-corrected chi connectivity index (χ4v) is 5.08. The van der Waals surface area contributed by atoms with Crippen molar-refractivity contribution >= 4 is 9.84 Å². The Balaban J connectivity index is 1.66. The smallest absolute Gasteiger partial charge is 0.180 e. The van der Waals surface area contributed by atoms with Gasteiger partial charge in [0.25, 0.3) is 0 Å². The summed E-state index contributed by atoms with van der Waals surface area (Å²) in [6, 6.07) is 18.4. The minimum absolute atomic E-state index is 0.0258. The van der Waals surface area contributed by atoms with Gasteiger partial charge in [-0.25, -0.2) is 18.9 Å². The molecule has 7 heteroatoms. The molecule has 1 saturated heterocycles. The van der Waals surface area contributed by atoms with E-state index in [2.05, 4.69) is 10.4 Å². The van der Waals surface area contributed by atoms with Gasteiger partial charge in [0.15, 0.2) is 9.84 Å². The number of hydrogen-bond acceptors (Lipinski definition) is 6. The Morgan fingerprint density at radius 1 is 1.10 bits per heavy atom. The highest BCUT2D eigenvalue weighted by molar-refractivity contribution is 7.91. The highest BCUT2D eigenvalue weighted by atomic mass is 32.2. The van der Waals surface area contributed by atoms with Crippen LogP contribution in [0.4, 0.5) is 0 Å². The zero-order chi connectivity index (χ0) is 20.5. The van der Waals surface area contributed by atoms with Crippen LogP contribution in [0.2, 0.25) is 0 Å². The van der Waals surface area contributed by atoms with Crippen molar-refractivity contribution in [3.8, 4) is 0 Å². The lowest BCUT2D eigenvalue weighted by atomic mass is 10.2. The molecule has 2 atom stereocenters. The summed E-state index contributed by atoms with van der Waals surface area (Å²) in [5.74, 6) is -0.0258. The molecule has 6 nitrogen and oxygen atoms in total. The van der Waals surface area contributed by atoms with Crippen molar-refractivity contribution in [1.82, 2.24) is 10.4 Å². The van der Waals surface area contributed by atoms with Gasteiger partial charge in [-0.05, 0) is 30.5 Å². The highest BCUT2D eigenvalue weighted by Gasteiger charge is 2.29. The molecule has 3 rings (SSSR count). The first-order chi connectivity index (χ1) is 14.1. The van der Waals surface area contributed by atoms with Crippen LogP contribution < -0.4 is 5.43 Å². The van der Waals surface area contributed by atoms with Crippen molar-refractivity contribution < 1.29 is 17.9 Å². The molecular weight excluding hydrogens is 388 g/mol. The summed E-state index contributed by atoms with van der Waals surface area (Å²) in [4.78, 5) is 0.338. The zero-order valence-corrected chi connectivity index (χ0v) is 17.7. The molecule has 29 heavy (non-hydrogen) atoms. The van der Waals surface area contributed by atoms with Gasteiger partial charge in [0.2, 0.25) is 0 Å². The van der Waals surface area contributed by atoms with E-state index >= 15 is 0 Å². The Kier molecular flexibility index (Phi) is 8.20. The average Bonchev–Trinajstić information content (AvgIpc) is 3.16. The predicted molar refractivity (Wildman–Crippen MR) is 113 cm³/mol. The van der Waals surface area contributed by atoms with E-state index < -0.39 is 9.84 Å². The van der Waals surface area contributed by atoms with Gasteiger partial charge in [-0.2, -0.15) is 0 Å². The van der Waals surface area contributed by atoms with Crippen molar-refractivity contribution in [2.24, 2.45) is 0 Å². The topological polar surface area (TPSA) is 67.9 Å². The maximum absolute atomic E-state index is 12.9. The third-order valence-electron chi connectivity index (χ3n) is 5.04. The lowest BCUT2D eigenvalue weighted by Crippen LogP contribution is -2.52. The fourth-order valence-electron chi connectivity index (χ4n) is 3.61. The molecule has 1 aliphatic rings. The molecule has 0 unspecified atom stereocenters. The van der Waals surface area contributed by atoms with Crippen molar-refractivity contribution in [1.29, 1.82) is 0 Å². The van der Waals surface area contributed by atoms with Gasteiger partial charge in [-0.3, -0.25) is 0 Å². The normalized spacial score (nSPS) is 18.7. The summed E-state index contributed by atoms with van der Waals surface area (Å²) in [6.07, 6.45) is 2.09. The average molecular weight is 419 g/mol. The molecular formula is C22H30N2O4S. The summed E-state index contributed by atoms with van der Waals surface area (Å²) in [6.45, 7) is 2.24. The Morgan fingerprint density at radius 2 is 1.79 bits per heavy atom. The minimum atomic E-state index is -3.43. The standard InChI is InChI=1S/C22H30N2O4S/c1-27-17-21-11-8-14-24(21)23-20(16-28-15-19-9-4-2-5-10-19)18-29(25,26)22-12-6-3-7-13-22/h2-7,9-10,12-13,20-21,23H,8,11,14-18H2,1H3/t20-,21-/m0/s1. The molecule has 158 valence electrons. The first kappa shape index (κ1) is 21.9. The van der Waals surface area contributed by atoms with Gasteiger partial charge in [0.05, 0.1) is 36.5 Å². The molecule has 1 heterocycles. The molecule has 0 aromatic heterocycles. The minimum Gasteiger partial charge on any atom is -0.383 e. The quantitative estimate of drug-likeness (QED) is 0.605. The molecule has 0 saturated carbocycles. The molecule has 1 aliphatic heterocycles. The van der Waals surface area contributed by atoms with E-state index in [0.717, 1.165) is 24.9 Å². The lowest BCUT2D eigenvalue weighted by Gasteiger charge is -2.30. The van der Waals surface area contributed by atoms with Crippen molar-refractivity contribution in [2.45, 2.75) is 36.4 Å². The van der Waals surface area contributed by atoms with Crippen molar-refractivity contribution in [2.75, 3.05) is 32.6 Å². The predicted octanol–water partition coefficient (Wildman–Crippen LogP) is 2.66. The van der Waals surface area contributed by atoms with Crippen molar-refractivity contribution in [3.63, 3.8) is 0 Å². The van der Waals surface area contributed by atoms with Gasteiger partial charge in [-0.15, -0.1) is 0 Å². The second-order valence-corrected chi connectivity index (χ2v) is 9.40. The largest absolute Gasteiger partial charge is 0.383 e. The summed E-state index contributed by atoms with van der Waals surface area (Å²) >= 11 is 0. The molecule has 1 fully saturated rings. The molecule has 0 aliphatic carbocycles. The van der Waals surface area contributed by atoms with Crippen LogP contribution in [-0.4, -0.2) is 58.1 Å². The van der Waals surface area contributed by atoms with Crippen LogP contribution in [0.1, 0.15) is 18.4 Å². The number of hydrazine groups is 1. The molecule has 1 N–H and O–H groups in total. The molecule has 0 bridgehead atoms. The zero-order valence-electron chi connectivity index (χ0n) is 16.9. The van der Waals surface area contributed by atoms with E-state index in [0.29, 0.717) is 24.7 Å². The number of sulfone groups is 1. The van der Waals surface area contributed by atoms with E-state index in [1.807, 2.05) is 36.4 Å². The highest BCUT2D eigenvalue weighted by Crippen LogP contribution is 2.17. The first-order valence-corrected chi connectivity index (χ1v) is 11.6. The fraction of sp³-hybridized carbons (Fsp3) is 0.455. The Hall–Kier alpha value is -1.77. The molecule has 2 aromatic rings. The van der Waals surface area contributed by atoms with Gasteiger partial charge in [0, 0.05) is 19.7 Å². The molecule has 0 amide bonds. The number of benzene rings is 2. The number of nitrogens with one attached hydrogen (secondary N) is 1. The molecule has 2 aromatic carbocycles. The van der Waals surface area contributed by atoms with Gasteiger partial charge in [0.1, 0.15) is 0 Å². The summed E-state index contributed by atoms with van der Waals surface area (Å²) < 4.78 is 37.0. The van der Waals surface area contributed by atoms with E-state index in [9.17, 15) is 8.42 Å². The Bertz CT molecular complexity index is 830. The van der Waals surface area contributed by atoms with Crippen LogP contribution in [0, 0.1) is 0 Å². The summed E-state index contributed by atoms with van der Waals surface area (Å²) in [7, 11) is -1.74. The maximum Gasteiger partial charge on any atom is 0.180 e. The first-order valence-electron chi connectivity index (χ1n) is 10.00. The second-order valence-electron chi connectivity index (χ2n) is 7.37. The third kappa shape index (κ3) is 6.62. The van der Waals surface area contributed by atoms with Gasteiger partial charge < -0.3 is 9.47 Å². The van der Waals surface area contributed by atoms with Gasteiger partial charge >= 0.3 is 0 Å². The van der Waals surface area contributed by atoms with E-state index in [-0.39, 0.29) is 17.8 Å². The van der Waals surface area contributed by atoms with E-state index in [1.54, 1.807) is 31.4 Å². The number of hydrogen-bond donors (Lipinski definition) is 1. The third-order valence-corrected chi connectivity index (χ3v) is 6.87. The van der Waals surface area contributed by atoms with Crippen LogP contribution in [-0.2, 0) is 25.9 Å². The monoisotopic (exact) mass is 418 g/mol. The maximum atomic E-state index is 12.9. The van der Waals surface area contributed by atoms with Gasteiger partial charge in [-0.1, -0.05) is 48.5 Å². The summed E-state index contributed by atoms with van der Waals surface area (Å²) in [5.41, 5.74) is 4.48. The SMILES string of the molecule is COC[C@@H]1CCCN1N[C@@H](COCc1ccccc1)CS(=O)(=O)c1ccccc1. The summed E-state index contributed by atoms with van der Waals surface area (Å²) in [5, 5.41) is 2.11. The lowest BCUT2D eigenvalue weighted by molar-refractivity contribution is 0.0412. The second kappa shape index (κ2) is 10.8. The molecule has 0 spiro atoms. The number of rotatable bonds is 11.